The van der Waals surface area contributed by atoms with Crippen molar-refractivity contribution in [1.82, 2.24) is 5.16 Å². The highest BCUT2D eigenvalue weighted by molar-refractivity contribution is 6.56. The zero-order valence-electron chi connectivity index (χ0n) is 12.7. The molecule has 0 N–H and O–H groups in total. The highest BCUT2D eigenvalue weighted by Crippen LogP contribution is 2.45. The van der Waals surface area contributed by atoms with Crippen molar-refractivity contribution in [3.05, 3.63) is 43.0 Å². The SMILES string of the molecule is CC(C)(C)c1cc(N2C(=O)c3c(Cl)c(Cl)c(Cl)c(Cl)c3C2=O)no1. The van der Waals surface area contributed by atoms with Crippen LogP contribution in [0.1, 0.15) is 47.2 Å². The molecule has 0 radical (unpaired) electrons. The van der Waals surface area contributed by atoms with E-state index in [1.807, 2.05) is 20.8 Å². The Hall–Kier alpha value is -1.27. The highest BCUT2D eigenvalue weighted by Gasteiger charge is 2.44. The fraction of sp³-hybridized carbons (Fsp3) is 0.267. The number of imide groups is 1. The molecule has 0 saturated carbocycles. The molecule has 24 heavy (non-hydrogen) atoms. The van der Waals surface area contributed by atoms with E-state index in [0.717, 1.165) is 4.90 Å². The molecule has 0 bridgehead atoms. The molecule has 2 heterocycles. The van der Waals surface area contributed by atoms with Gasteiger partial charge in [0.2, 0.25) is 0 Å². The Labute approximate surface area is 157 Å². The third-order valence-electron chi connectivity index (χ3n) is 3.57. The third kappa shape index (κ3) is 2.42. The minimum Gasteiger partial charge on any atom is -0.359 e. The van der Waals surface area contributed by atoms with Crippen LogP contribution in [0.15, 0.2) is 10.6 Å². The average Bonchev–Trinajstić information content (AvgIpc) is 3.06. The first kappa shape index (κ1) is 17.5. The van der Waals surface area contributed by atoms with E-state index in [4.69, 9.17) is 50.9 Å². The molecule has 126 valence electrons. The number of anilines is 1. The van der Waals surface area contributed by atoms with Crippen LogP contribution in [0, 0.1) is 0 Å². The maximum atomic E-state index is 12.7. The average molecular weight is 408 g/mol. The van der Waals surface area contributed by atoms with Crippen molar-refractivity contribution in [2.24, 2.45) is 0 Å². The molecule has 0 unspecified atom stereocenters. The van der Waals surface area contributed by atoms with E-state index < -0.39 is 11.8 Å². The summed E-state index contributed by atoms with van der Waals surface area (Å²) in [4.78, 5) is 26.2. The number of fused-ring (bicyclic) bond motifs is 1. The molecule has 1 aromatic carbocycles. The lowest BCUT2D eigenvalue weighted by Crippen LogP contribution is -2.29. The highest BCUT2D eigenvalue weighted by atomic mass is 35.5. The standard InChI is InChI=1S/C15H10Cl4N2O3/c1-15(2,3)5-4-6(20-24-5)21-13(22)7-8(14(21)23)10(17)12(19)11(18)9(7)16/h4H,1-3H3. The molecule has 0 atom stereocenters. The van der Waals surface area contributed by atoms with Gasteiger partial charge in [0.25, 0.3) is 11.8 Å². The van der Waals surface area contributed by atoms with Crippen molar-refractivity contribution in [2.75, 3.05) is 4.90 Å². The number of carbonyl (C=O) groups is 2. The summed E-state index contributed by atoms with van der Waals surface area (Å²) in [7, 11) is 0. The van der Waals surface area contributed by atoms with Crippen molar-refractivity contribution < 1.29 is 14.1 Å². The maximum Gasteiger partial charge on any atom is 0.269 e. The minimum atomic E-state index is -0.686. The number of amides is 2. The van der Waals surface area contributed by atoms with Crippen molar-refractivity contribution in [2.45, 2.75) is 26.2 Å². The van der Waals surface area contributed by atoms with Gasteiger partial charge in [0.1, 0.15) is 5.76 Å². The molecule has 0 aliphatic carbocycles. The van der Waals surface area contributed by atoms with Crippen LogP contribution in [0.3, 0.4) is 0 Å². The molecule has 1 aromatic heterocycles. The Bertz CT molecular complexity index is 852. The Morgan fingerprint density at radius 1 is 0.917 bits per heavy atom. The second kappa shape index (κ2) is 5.63. The van der Waals surface area contributed by atoms with E-state index in [-0.39, 0.29) is 42.5 Å². The number of hydrogen-bond acceptors (Lipinski definition) is 4. The third-order valence-corrected chi connectivity index (χ3v) is 5.37. The lowest BCUT2D eigenvalue weighted by molar-refractivity contribution is 0.0924. The van der Waals surface area contributed by atoms with E-state index in [0.29, 0.717) is 5.76 Å². The van der Waals surface area contributed by atoms with Crippen LogP contribution in [0.25, 0.3) is 0 Å². The van der Waals surface area contributed by atoms with Crippen LogP contribution >= 0.6 is 46.4 Å². The number of rotatable bonds is 1. The first-order chi connectivity index (χ1) is 11.1. The summed E-state index contributed by atoms with van der Waals surface area (Å²) in [5.74, 6) is -0.809. The van der Waals surface area contributed by atoms with Crippen molar-refractivity contribution >= 4 is 64.0 Å². The molecule has 0 fully saturated rings. The molecule has 9 heteroatoms. The number of benzene rings is 1. The quantitative estimate of drug-likeness (QED) is 0.361. The molecule has 0 spiro atoms. The van der Waals surface area contributed by atoms with Crippen LogP contribution in [-0.2, 0) is 5.41 Å². The molecular formula is C15H10Cl4N2O3. The topological polar surface area (TPSA) is 63.4 Å². The van der Waals surface area contributed by atoms with E-state index in [2.05, 4.69) is 5.16 Å². The lowest BCUT2D eigenvalue weighted by Gasteiger charge is -2.12. The number of nitrogens with zero attached hydrogens (tertiary/aromatic N) is 2. The first-order valence-corrected chi connectivity index (χ1v) is 8.28. The molecule has 3 rings (SSSR count). The predicted molar refractivity (Wildman–Crippen MR) is 92.8 cm³/mol. The Kier molecular flexibility index (Phi) is 4.12. The van der Waals surface area contributed by atoms with Crippen LogP contribution < -0.4 is 4.90 Å². The monoisotopic (exact) mass is 406 g/mol. The van der Waals surface area contributed by atoms with Crippen molar-refractivity contribution in [3.8, 4) is 0 Å². The summed E-state index contributed by atoms with van der Waals surface area (Å²) in [6.07, 6.45) is 0. The van der Waals surface area contributed by atoms with Gasteiger partial charge in [0.05, 0.1) is 31.2 Å². The molecule has 0 saturated heterocycles. The van der Waals surface area contributed by atoms with Gasteiger partial charge in [-0.1, -0.05) is 72.3 Å². The zero-order chi connectivity index (χ0) is 18.0. The molecular weight excluding hydrogens is 398 g/mol. The lowest BCUT2D eigenvalue weighted by atomic mass is 9.93. The summed E-state index contributed by atoms with van der Waals surface area (Å²) in [5, 5.41) is 3.40. The van der Waals surface area contributed by atoms with Gasteiger partial charge in [-0.2, -0.15) is 0 Å². The molecule has 1 aliphatic heterocycles. The fourth-order valence-corrected chi connectivity index (χ4v) is 3.30. The molecule has 5 nitrogen and oxygen atoms in total. The molecule has 1 aliphatic rings. The molecule has 2 aromatic rings. The second-order valence-corrected chi connectivity index (χ2v) is 7.76. The van der Waals surface area contributed by atoms with Gasteiger partial charge >= 0.3 is 0 Å². The van der Waals surface area contributed by atoms with Gasteiger partial charge in [-0.05, 0) is 0 Å². The van der Waals surface area contributed by atoms with Crippen LogP contribution in [-0.4, -0.2) is 17.0 Å². The van der Waals surface area contributed by atoms with E-state index in [9.17, 15) is 9.59 Å². The van der Waals surface area contributed by atoms with Crippen molar-refractivity contribution in [1.29, 1.82) is 0 Å². The van der Waals surface area contributed by atoms with E-state index in [1.54, 1.807) is 0 Å². The minimum absolute atomic E-state index is 0.0468. The van der Waals surface area contributed by atoms with Crippen LogP contribution in [0.2, 0.25) is 20.1 Å². The first-order valence-electron chi connectivity index (χ1n) is 6.77. The smallest absolute Gasteiger partial charge is 0.269 e. The van der Waals surface area contributed by atoms with Crippen molar-refractivity contribution in [3.63, 3.8) is 0 Å². The number of aromatic nitrogens is 1. The van der Waals surface area contributed by atoms with Gasteiger partial charge in [0.15, 0.2) is 5.82 Å². The summed E-state index contributed by atoms with van der Waals surface area (Å²) >= 11 is 24.1. The van der Waals surface area contributed by atoms with E-state index in [1.165, 1.54) is 6.07 Å². The maximum absolute atomic E-state index is 12.7. The van der Waals surface area contributed by atoms with Gasteiger partial charge < -0.3 is 4.52 Å². The van der Waals surface area contributed by atoms with Crippen LogP contribution in [0.4, 0.5) is 5.82 Å². The summed E-state index contributed by atoms with van der Waals surface area (Å²) < 4.78 is 5.23. The normalized spacial score (nSPS) is 14.5. The summed E-state index contributed by atoms with van der Waals surface area (Å²) in [6, 6.07) is 1.52. The van der Waals surface area contributed by atoms with Gasteiger partial charge in [0, 0.05) is 11.5 Å². The zero-order valence-corrected chi connectivity index (χ0v) is 15.7. The Morgan fingerprint density at radius 3 is 1.75 bits per heavy atom. The van der Waals surface area contributed by atoms with E-state index >= 15 is 0 Å². The van der Waals surface area contributed by atoms with Gasteiger partial charge in [-0.15, -0.1) is 0 Å². The Morgan fingerprint density at radius 2 is 1.38 bits per heavy atom. The largest absolute Gasteiger partial charge is 0.359 e. The van der Waals surface area contributed by atoms with Gasteiger partial charge in [-0.25, -0.2) is 4.90 Å². The molecule has 2 amide bonds. The second-order valence-electron chi connectivity index (χ2n) is 6.25. The number of hydrogen-bond donors (Lipinski definition) is 0. The Balaban J connectivity index is 2.16. The van der Waals surface area contributed by atoms with Crippen LogP contribution in [0.5, 0.6) is 0 Å². The number of halogens is 4. The number of carbonyl (C=O) groups excluding carboxylic acids is 2. The summed E-state index contributed by atoms with van der Waals surface area (Å²) in [5.41, 5.74) is -0.533. The van der Waals surface area contributed by atoms with Gasteiger partial charge in [-0.3, -0.25) is 9.59 Å². The fourth-order valence-electron chi connectivity index (χ4n) is 2.28. The summed E-state index contributed by atoms with van der Waals surface area (Å²) in [6.45, 7) is 5.73. The predicted octanol–water partition coefficient (Wildman–Crippen LogP) is 5.39.